The second-order valence-corrected chi connectivity index (χ2v) is 5.47. The molecular formula is C12H16BrN3O3. The minimum absolute atomic E-state index is 0.0123. The van der Waals surface area contributed by atoms with Crippen LogP contribution in [0, 0.1) is 10.1 Å². The molecule has 1 aliphatic heterocycles. The third kappa shape index (κ3) is 3.22. The van der Waals surface area contributed by atoms with Gasteiger partial charge in [-0.05, 0) is 41.6 Å². The van der Waals surface area contributed by atoms with E-state index in [1.807, 2.05) is 0 Å². The molecule has 1 saturated heterocycles. The molecule has 0 aromatic carbocycles. The lowest BCUT2D eigenvalue weighted by Crippen LogP contribution is -2.30. The number of aliphatic hydroxyl groups excluding tert-OH is 1. The minimum atomic E-state index is -0.450. The SMILES string of the molecule is O=[N+]([O-])c1cnc(N2CCCC2CCCO)c(Br)c1. The molecule has 1 unspecified atom stereocenters. The van der Waals surface area contributed by atoms with Gasteiger partial charge in [-0.25, -0.2) is 4.98 Å². The van der Waals surface area contributed by atoms with E-state index in [9.17, 15) is 10.1 Å². The Labute approximate surface area is 119 Å². The number of nitrogens with zero attached hydrogens (tertiary/aromatic N) is 3. The average Bonchev–Trinajstić information content (AvgIpc) is 2.84. The fraction of sp³-hybridized carbons (Fsp3) is 0.583. The van der Waals surface area contributed by atoms with Crippen LogP contribution in [0.15, 0.2) is 16.7 Å². The first-order valence-electron chi connectivity index (χ1n) is 6.31. The highest BCUT2D eigenvalue weighted by atomic mass is 79.9. The van der Waals surface area contributed by atoms with Gasteiger partial charge in [0.25, 0.3) is 5.69 Å². The van der Waals surface area contributed by atoms with Crippen LogP contribution < -0.4 is 4.90 Å². The molecule has 0 saturated carbocycles. The fourth-order valence-corrected chi connectivity index (χ4v) is 3.04. The number of nitro groups is 1. The molecule has 0 amide bonds. The summed E-state index contributed by atoms with van der Waals surface area (Å²) in [5.74, 6) is 0.756. The van der Waals surface area contributed by atoms with E-state index in [4.69, 9.17) is 5.11 Å². The summed E-state index contributed by atoms with van der Waals surface area (Å²) in [7, 11) is 0. The zero-order chi connectivity index (χ0) is 13.8. The van der Waals surface area contributed by atoms with Crippen LogP contribution in [0.4, 0.5) is 11.5 Å². The number of anilines is 1. The summed E-state index contributed by atoms with van der Waals surface area (Å²) in [6, 6.07) is 1.85. The summed E-state index contributed by atoms with van der Waals surface area (Å²) >= 11 is 3.36. The maximum atomic E-state index is 10.7. The van der Waals surface area contributed by atoms with E-state index >= 15 is 0 Å². The smallest absolute Gasteiger partial charge is 0.288 e. The normalized spacial score (nSPS) is 18.8. The maximum absolute atomic E-state index is 10.7. The van der Waals surface area contributed by atoms with Crippen molar-refractivity contribution in [3.8, 4) is 0 Å². The molecule has 2 heterocycles. The van der Waals surface area contributed by atoms with Gasteiger partial charge >= 0.3 is 0 Å². The molecule has 2 rings (SSSR count). The Bertz CT molecular complexity index is 470. The van der Waals surface area contributed by atoms with Gasteiger partial charge in [-0.2, -0.15) is 0 Å². The molecule has 1 N–H and O–H groups in total. The van der Waals surface area contributed by atoms with E-state index < -0.39 is 4.92 Å². The van der Waals surface area contributed by atoms with Crippen molar-refractivity contribution in [3.05, 3.63) is 26.9 Å². The molecule has 1 aromatic heterocycles. The molecular weight excluding hydrogens is 314 g/mol. The Morgan fingerprint density at radius 2 is 2.42 bits per heavy atom. The zero-order valence-electron chi connectivity index (χ0n) is 10.5. The number of hydrogen-bond acceptors (Lipinski definition) is 5. The Morgan fingerprint density at radius 3 is 3.05 bits per heavy atom. The third-order valence-corrected chi connectivity index (χ3v) is 3.95. The molecule has 1 atom stereocenters. The first kappa shape index (κ1) is 14.2. The van der Waals surface area contributed by atoms with Gasteiger partial charge in [-0.15, -0.1) is 0 Å². The number of hydrogen-bond donors (Lipinski definition) is 1. The van der Waals surface area contributed by atoms with Gasteiger partial charge in [0.15, 0.2) is 0 Å². The van der Waals surface area contributed by atoms with E-state index in [0.29, 0.717) is 10.5 Å². The van der Waals surface area contributed by atoms with E-state index in [0.717, 1.165) is 38.0 Å². The van der Waals surface area contributed by atoms with Gasteiger partial charge in [-0.1, -0.05) is 0 Å². The topological polar surface area (TPSA) is 79.5 Å². The van der Waals surface area contributed by atoms with Gasteiger partial charge in [0.1, 0.15) is 12.0 Å². The number of aromatic nitrogens is 1. The van der Waals surface area contributed by atoms with Crippen molar-refractivity contribution < 1.29 is 10.0 Å². The largest absolute Gasteiger partial charge is 0.396 e. The summed E-state index contributed by atoms with van der Waals surface area (Å²) in [5, 5.41) is 19.6. The monoisotopic (exact) mass is 329 g/mol. The molecule has 104 valence electrons. The first-order chi connectivity index (χ1) is 9.13. The van der Waals surface area contributed by atoms with Crippen molar-refractivity contribution in [2.24, 2.45) is 0 Å². The lowest BCUT2D eigenvalue weighted by Gasteiger charge is -2.26. The summed E-state index contributed by atoms with van der Waals surface area (Å²) < 4.78 is 0.651. The van der Waals surface area contributed by atoms with Crippen LogP contribution in [-0.4, -0.2) is 34.2 Å². The van der Waals surface area contributed by atoms with Crippen LogP contribution >= 0.6 is 15.9 Å². The second kappa shape index (κ2) is 6.29. The molecule has 1 fully saturated rings. The Balaban J connectivity index is 2.18. The van der Waals surface area contributed by atoms with Gasteiger partial charge in [0.2, 0.25) is 0 Å². The third-order valence-electron chi connectivity index (χ3n) is 3.36. The molecule has 0 aliphatic carbocycles. The standard InChI is InChI=1S/C12H16BrN3O3/c13-11-7-10(16(18)19)8-14-12(11)15-5-1-3-9(15)4-2-6-17/h7-9,17H,1-6H2. The zero-order valence-corrected chi connectivity index (χ0v) is 12.0. The molecule has 6 nitrogen and oxygen atoms in total. The van der Waals surface area contributed by atoms with Gasteiger partial charge in [-0.3, -0.25) is 10.1 Å². The van der Waals surface area contributed by atoms with E-state index in [1.165, 1.54) is 12.3 Å². The summed E-state index contributed by atoms with van der Waals surface area (Å²) in [4.78, 5) is 16.6. The molecule has 7 heteroatoms. The van der Waals surface area contributed by atoms with Gasteiger partial charge in [0, 0.05) is 25.3 Å². The van der Waals surface area contributed by atoms with E-state index in [-0.39, 0.29) is 12.3 Å². The predicted octanol–water partition coefficient (Wildman–Crippen LogP) is 2.49. The predicted molar refractivity (Wildman–Crippen MR) is 75.3 cm³/mol. The molecule has 1 aliphatic rings. The van der Waals surface area contributed by atoms with Crippen molar-refractivity contribution in [2.45, 2.75) is 31.7 Å². The van der Waals surface area contributed by atoms with E-state index in [2.05, 4.69) is 25.8 Å². The van der Waals surface area contributed by atoms with Crippen LogP contribution in [0.25, 0.3) is 0 Å². The lowest BCUT2D eigenvalue weighted by atomic mass is 10.1. The minimum Gasteiger partial charge on any atom is -0.396 e. The van der Waals surface area contributed by atoms with Gasteiger partial charge < -0.3 is 10.0 Å². The molecule has 0 bridgehead atoms. The Hall–Kier alpha value is -1.21. The van der Waals surface area contributed by atoms with Crippen LogP contribution in [0.1, 0.15) is 25.7 Å². The maximum Gasteiger partial charge on any atom is 0.288 e. The summed E-state index contributed by atoms with van der Waals surface area (Å²) in [6.07, 6.45) is 5.14. The molecule has 0 spiro atoms. The van der Waals surface area contributed by atoms with Crippen molar-refractivity contribution in [2.75, 3.05) is 18.1 Å². The van der Waals surface area contributed by atoms with Crippen LogP contribution in [-0.2, 0) is 0 Å². The highest BCUT2D eigenvalue weighted by Crippen LogP contribution is 2.33. The first-order valence-corrected chi connectivity index (χ1v) is 7.10. The quantitative estimate of drug-likeness (QED) is 0.663. The molecule has 19 heavy (non-hydrogen) atoms. The van der Waals surface area contributed by atoms with Gasteiger partial charge in [0.05, 0.1) is 9.40 Å². The summed E-state index contributed by atoms with van der Waals surface area (Å²) in [5.41, 5.74) is -0.0123. The second-order valence-electron chi connectivity index (χ2n) is 4.61. The number of aliphatic hydroxyl groups is 1. The van der Waals surface area contributed by atoms with Crippen LogP contribution in [0.2, 0.25) is 0 Å². The number of pyridine rings is 1. The fourth-order valence-electron chi connectivity index (χ4n) is 2.47. The Kier molecular flexibility index (Phi) is 4.71. The molecule has 1 aromatic rings. The average molecular weight is 330 g/mol. The summed E-state index contributed by atoms with van der Waals surface area (Å²) in [6.45, 7) is 1.10. The van der Waals surface area contributed by atoms with Crippen LogP contribution in [0.5, 0.6) is 0 Å². The Morgan fingerprint density at radius 1 is 1.63 bits per heavy atom. The van der Waals surface area contributed by atoms with Crippen molar-refractivity contribution >= 4 is 27.4 Å². The van der Waals surface area contributed by atoms with Crippen LogP contribution in [0.3, 0.4) is 0 Å². The highest BCUT2D eigenvalue weighted by Gasteiger charge is 2.27. The number of rotatable bonds is 5. The number of halogens is 1. The van der Waals surface area contributed by atoms with E-state index in [1.54, 1.807) is 0 Å². The van der Waals surface area contributed by atoms with Crippen molar-refractivity contribution in [1.29, 1.82) is 0 Å². The van der Waals surface area contributed by atoms with Crippen molar-refractivity contribution in [3.63, 3.8) is 0 Å². The lowest BCUT2D eigenvalue weighted by molar-refractivity contribution is -0.385. The molecule has 0 radical (unpaired) electrons. The highest BCUT2D eigenvalue weighted by molar-refractivity contribution is 9.10. The van der Waals surface area contributed by atoms with Crippen molar-refractivity contribution in [1.82, 2.24) is 4.98 Å².